The van der Waals surface area contributed by atoms with Crippen molar-refractivity contribution < 1.29 is 0 Å². The molecule has 0 atom stereocenters. The van der Waals surface area contributed by atoms with Crippen LogP contribution < -0.4 is 10.6 Å². The minimum absolute atomic E-state index is 0.254. The first-order valence-corrected chi connectivity index (χ1v) is 6.49. The van der Waals surface area contributed by atoms with Crippen LogP contribution in [0.25, 0.3) is 0 Å². The Morgan fingerprint density at radius 2 is 1.59 bits per heavy atom. The van der Waals surface area contributed by atoms with Gasteiger partial charge in [-0.3, -0.25) is 0 Å². The molecule has 17 heavy (non-hydrogen) atoms. The van der Waals surface area contributed by atoms with Gasteiger partial charge in [-0.05, 0) is 36.6 Å². The van der Waals surface area contributed by atoms with E-state index in [1.54, 1.807) is 0 Å². The number of hydrogen-bond acceptors (Lipinski definition) is 2. The van der Waals surface area contributed by atoms with Crippen molar-refractivity contribution in [2.24, 2.45) is 0 Å². The summed E-state index contributed by atoms with van der Waals surface area (Å²) in [6.45, 7) is 9.88. The van der Waals surface area contributed by atoms with E-state index in [1.807, 2.05) is 7.05 Å². The Morgan fingerprint density at radius 3 is 2.12 bits per heavy atom. The molecule has 0 aromatic heterocycles. The third kappa shape index (κ3) is 5.33. The van der Waals surface area contributed by atoms with Crippen molar-refractivity contribution in [3.05, 3.63) is 35.4 Å². The molecule has 0 spiro atoms. The molecule has 0 heterocycles. The van der Waals surface area contributed by atoms with Gasteiger partial charge in [0.25, 0.3) is 0 Å². The van der Waals surface area contributed by atoms with Crippen LogP contribution >= 0.6 is 0 Å². The minimum atomic E-state index is 0.254. The monoisotopic (exact) mass is 234 g/mol. The van der Waals surface area contributed by atoms with Crippen LogP contribution in [0.3, 0.4) is 0 Å². The van der Waals surface area contributed by atoms with Crippen LogP contribution in [0.1, 0.15) is 31.9 Å². The smallest absolute Gasteiger partial charge is 0.00767 e. The molecule has 1 aromatic rings. The van der Waals surface area contributed by atoms with Crippen LogP contribution in [-0.4, -0.2) is 26.7 Å². The summed E-state index contributed by atoms with van der Waals surface area (Å²) in [4.78, 5) is 0. The molecule has 0 fully saturated rings. The first-order valence-electron chi connectivity index (χ1n) is 6.49. The van der Waals surface area contributed by atoms with E-state index in [2.05, 4.69) is 55.7 Å². The Hall–Kier alpha value is -0.860. The standard InChI is InChI=1S/C15H26N2/c1-15(2,3)14-7-5-13(6-8-14)9-10-17-12-11-16-4/h5-8,16-17H,9-12H2,1-4H3. The summed E-state index contributed by atoms with van der Waals surface area (Å²) < 4.78 is 0. The fraction of sp³-hybridized carbons (Fsp3) is 0.600. The lowest BCUT2D eigenvalue weighted by atomic mass is 9.86. The molecule has 0 saturated heterocycles. The van der Waals surface area contributed by atoms with Gasteiger partial charge in [0.15, 0.2) is 0 Å². The van der Waals surface area contributed by atoms with Crippen LogP contribution in [-0.2, 0) is 11.8 Å². The van der Waals surface area contributed by atoms with Crippen LogP contribution in [0.4, 0.5) is 0 Å². The zero-order valence-corrected chi connectivity index (χ0v) is 11.6. The quantitative estimate of drug-likeness (QED) is 0.738. The van der Waals surface area contributed by atoms with Crippen molar-refractivity contribution >= 4 is 0 Å². The maximum Gasteiger partial charge on any atom is 0.00767 e. The van der Waals surface area contributed by atoms with Gasteiger partial charge in [-0.25, -0.2) is 0 Å². The highest BCUT2D eigenvalue weighted by molar-refractivity contribution is 5.27. The van der Waals surface area contributed by atoms with Crippen LogP contribution in [0, 0.1) is 0 Å². The summed E-state index contributed by atoms with van der Waals surface area (Å²) in [5.74, 6) is 0. The molecule has 2 N–H and O–H groups in total. The maximum absolute atomic E-state index is 3.42. The first-order chi connectivity index (χ1) is 8.04. The fourth-order valence-corrected chi connectivity index (χ4v) is 1.74. The number of nitrogens with one attached hydrogen (secondary N) is 2. The van der Waals surface area contributed by atoms with Gasteiger partial charge in [0, 0.05) is 13.1 Å². The van der Waals surface area contributed by atoms with Gasteiger partial charge in [0.05, 0.1) is 0 Å². The van der Waals surface area contributed by atoms with Crippen molar-refractivity contribution in [3.63, 3.8) is 0 Å². The number of likely N-dealkylation sites (N-methyl/N-ethyl adjacent to an activating group) is 1. The van der Waals surface area contributed by atoms with Crippen LogP contribution in [0.5, 0.6) is 0 Å². The highest BCUT2D eigenvalue weighted by Crippen LogP contribution is 2.22. The van der Waals surface area contributed by atoms with E-state index in [0.29, 0.717) is 0 Å². The number of hydrogen-bond donors (Lipinski definition) is 2. The fourth-order valence-electron chi connectivity index (χ4n) is 1.74. The summed E-state index contributed by atoms with van der Waals surface area (Å²) in [6, 6.07) is 9.01. The topological polar surface area (TPSA) is 24.1 Å². The van der Waals surface area contributed by atoms with Gasteiger partial charge in [-0.2, -0.15) is 0 Å². The van der Waals surface area contributed by atoms with Gasteiger partial charge < -0.3 is 10.6 Å². The van der Waals surface area contributed by atoms with E-state index in [-0.39, 0.29) is 5.41 Å². The third-order valence-corrected chi connectivity index (χ3v) is 2.96. The van der Waals surface area contributed by atoms with E-state index in [9.17, 15) is 0 Å². The van der Waals surface area contributed by atoms with Gasteiger partial charge in [0.1, 0.15) is 0 Å². The van der Waals surface area contributed by atoms with Crippen molar-refractivity contribution in [3.8, 4) is 0 Å². The molecule has 0 unspecified atom stereocenters. The highest BCUT2D eigenvalue weighted by Gasteiger charge is 2.12. The van der Waals surface area contributed by atoms with Crippen molar-refractivity contribution in [1.29, 1.82) is 0 Å². The third-order valence-electron chi connectivity index (χ3n) is 2.96. The molecule has 0 aliphatic heterocycles. The summed E-state index contributed by atoms with van der Waals surface area (Å²) in [6.07, 6.45) is 1.11. The molecule has 0 bridgehead atoms. The lowest BCUT2D eigenvalue weighted by molar-refractivity contribution is 0.589. The number of rotatable bonds is 6. The lowest BCUT2D eigenvalue weighted by Gasteiger charge is -2.19. The van der Waals surface area contributed by atoms with E-state index in [4.69, 9.17) is 0 Å². The normalized spacial score (nSPS) is 11.8. The molecular weight excluding hydrogens is 208 g/mol. The zero-order chi connectivity index (χ0) is 12.7. The molecule has 2 nitrogen and oxygen atoms in total. The van der Waals surface area contributed by atoms with Crippen molar-refractivity contribution in [2.75, 3.05) is 26.7 Å². The molecule has 0 aliphatic rings. The molecule has 0 aliphatic carbocycles. The predicted octanol–water partition coefficient (Wildman–Crippen LogP) is 2.34. The van der Waals surface area contributed by atoms with Gasteiger partial charge in [-0.15, -0.1) is 0 Å². The average molecular weight is 234 g/mol. The molecule has 1 aromatic carbocycles. The van der Waals surface area contributed by atoms with E-state index in [1.165, 1.54) is 11.1 Å². The lowest BCUT2D eigenvalue weighted by Crippen LogP contribution is -2.26. The number of benzene rings is 1. The molecule has 0 amide bonds. The van der Waals surface area contributed by atoms with E-state index < -0.39 is 0 Å². The largest absolute Gasteiger partial charge is 0.318 e. The highest BCUT2D eigenvalue weighted by atomic mass is 14.9. The van der Waals surface area contributed by atoms with Crippen LogP contribution in [0.2, 0.25) is 0 Å². The second kappa shape index (κ2) is 6.77. The zero-order valence-electron chi connectivity index (χ0n) is 11.6. The molecule has 0 radical (unpaired) electrons. The summed E-state index contributed by atoms with van der Waals surface area (Å²) in [7, 11) is 1.98. The Kier molecular flexibility index (Phi) is 5.66. The van der Waals surface area contributed by atoms with E-state index >= 15 is 0 Å². The Bertz CT molecular complexity index is 309. The minimum Gasteiger partial charge on any atom is -0.318 e. The maximum atomic E-state index is 3.42. The van der Waals surface area contributed by atoms with Crippen molar-refractivity contribution in [1.82, 2.24) is 10.6 Å². The summed E-state index contributed by atoms with van der Waals surface area (Å²) in [5, 5.41) is 6.55. The summed E-state index contributed by atoms with van der Waals surface area (Å²) >= 11 is 0. The van der Waals surface area contributed by atoms with Gasteiger partial charge >= 0.3 is 0 Å². The summed E-state index contributed by atoms with van der Waals surface area (Å²) in [5.41, 5.74) is 3.07. The Balaban J connectivity index is 2.36. The second-order valence-electron chi connectivity index (χ2n) is 5.55. The second-order valence-corrected chi connectivity index (χ2v) is 5.55. The Labute approximate surface area is 106 Å². The van der Waals surface area contributed by atoms with Gasteiger partial charge in [0.2, 0.25) is 0 Å². The van der Waals surface area contributed by atoms with Crippen LogP contribution in [0.15, 0.2) is 24.3 Å². The molecule has 0 saturated carbocycles. The first kappa shape index (κ1) is 14.2. The van der Waals surface area contributed by atoms with Gasteiger partial charge in [-0.1, -0.05) is 45.0 Å². The Morgan fingerprint density at radius 1 is 0.941 bits per heavy atom. The van der Waals surface area contributed by atoms with E-state index in [0.717, 1.165) is 26.1 Å². The average Bonchev–Trinajstić information content (AvgIpc) is 2.28. The van der Waals surface area contributed by atoms with Crippen molar-refractivity contribution in [2.45, 2.75) is 32.6 Å². The SMILES string of the molecule is CNCCNCCc1ccc(C(C)(C)C)cc1. The predicted molar refractivity (Wildman–Crippen MR) is 75.6 cm³/mol. The molecule has 96 valence electrons. The molecule has 1 rings (SSSR count). The molecule has 2 heteroatoms. The molecular formula is C15H26N2.